The molecule has 0 aromatic carbocycles. The summed E-state index contributed by atoms with van der Waals surface area (Å²) >= 11 is 0. The maximum Gasteiger partial charge on any atom is 0.224 e. The van der Waals surface area contributed by atoms with Crippen molar-refractivity contribution in [3.05, 3.63) is 42.0 Å². The van der Waals surface area contributed by atoms with Crippen molar-refractivity contribution < 1.29 is 5.11 Å². The highest BCUT2D eigenvalue weighted by molar-refractivity contribution is 5.82. The molecule has 3 aromatic rings. The van der Waals surface area contributed by atoms with Crippen LogP contribution in [0, 0.1) is 17.8 Å². The van der Waals surface area contributed by atoms with Crippen molar-refractivity contribution in [1.82, 2.24) is 19.9 Å². The molecule has 1 fully saturated rings. The quantitative estimate of drug-likeness (QED) is 0.471. The van der Waals surface area contributed by atoms with Crippen LogP contribution >= 0.6 is 0 Å². The number of aliphatic hydroxyl groups excluding tert-OH is 1. The van der Waals surface area contributed by atoms with Gasteiger partial charge < -0.3 is 20.7 Å². The molecule has 30 heavy (non-hydrogen) atoms. The van der Waals surface area contributed by atoms with Gasteiger partial charge in [-0.05, 0) is 42.7 Å². The molecule has 0 amide bonds. The average molecular weight is 405 g/mol. The molecule has 156 valence electrons. The van der Waals surface area contributed by atoms with Crippen LogP contribution in [0.2, 0.25) is 0 Å². The van der Waals surface area contributed by atoms with Crippen LogP contribution in [0.5, 0.6) is 0 Å². The lowest BCUT2D eigenvalue weighted by Crippen LogP contribution is -2.41. The maximum atomic E-state index is 10.2. The van der Waals surface area contributed by atoms with E-state index in [1.807, 2.05) is 18.5 Å². The summed E-state index contributed by atoms with van der Waals surface area (Å²) in [7, 11) is 0. The monoisotopic (exact) mass is 404 g/mol. The standard InChI is InChI=1S/C23H28N6O/c1-4-15-12-27-22(25-10-7-16-13-26-19-14-24-9-8-18(16)19)29-21(15)28-17-5-6-20(30)23(2,3)11-17/h1,8-9,12-14,17,20,26,30H,5-7,10-11H2,2-3H3,(H2,25,27,28,29)/t17-,20+/m1/s1. The Balaban J connectivity index is 1.42. The molecule has 1 aliphatic carbocycles. The number of nitrogens with zero attached hydrogens (tertiary/aromatic N) is 3. The number of aromatic nitrogens is 4. The summed E-state index contributed by atoms with van der Waals surface area (Å²) in [5.41, 5.74) is 2.78. The molecule has 0 radical (unpaired) electrons. The van der Waals surface area contributed by atoms with Crippen LogP contribution in [0.15, 0.2) is 30.9 Å². The van der Waals surface area contributed by atoms with E-state index in [-0.39, 0.29) is 17.6 Å². The summed E-state index contributed by atoms with van der Waals surface area (Å²) in [6, 6.07) is 2.24. The number of H-pyrrole nitrogens is 1. The van der Waals surface area contributed by atoms with Crippen molar-refractivity contribution >= 4 is 22.7 Å². The molecular formula is C23H28N6O. The molecule has 0 bridgehead atoms. The van der Waals surface area contributed by atoms with E-state index in [2.05, 4.69) is 50.3 Å². The van der Waals surface area contributed by atoms with Crippen LogP contribution in [-0.4, -0.2) is 43.7 Å². The first-order valence-electron chi connectivity index (χ1n) is 10.4. The van der Waals surface area contributed by atoms with Crippen LogP contribution in [0.3, 0.4) is 0 Å². The molecule has 4 N–H and O–H groups in total. The van der Waals surface area contributed by atoms with Gasteiger partial charge in [-0.3, -0.25) is 4.98 Å². The number of nitrogens with one attached hydrogen (secondary N) is 3. The fourth-order valence-corrected chi connectivity index (χ4v) is 4.17. The summed E-state index contributed by atoms with van der Waals surface area (Å²) in [5.74, 6) is 3.89. The summed E-state index contributed by atoms with van der Waals surface area (Å²) < 4.78 is 0. The van der Waals surface area contributed by atoms with Crippen LogP contribution in [-0.2, 0) is 6.42 Å². The van der Waals surface area contributed by atoms with Gasteiger partial charge in [-0.15, -0.1) is 6.42 Å². The lowest BCUT2D eigenvalue weighted by atomic mass is 9.73. The molecule has 0 unspecified atom stereocenters. The van der Waals surface area contributed by atoms with E-state index in [1.165, 1.54) is 10.9 Å². The number of fused-ring (bicyclic) bond motifs is 1. The van der Waals surface area contributed by atoms with Crippen LogP contribution in [0.4, 0.5) is 11.8 Å². The van der Waals surface area contributed by atoms with Crippen LogP contribution in [0.25, 0.3) is 10.9 Å². The molecule has 1 saturated carbocycles. The van der Waals surface area contributed by atoms with Gasteiger partial charge in [0.05, 0.1) is 29.6 Å². The summed E-state index contributed by atoms with van der Waals surface area (Å²) in [6.07, 6.45) is 16.1. The highest BCUT2D eigenvalue weighted by Crippen LogP contribution is 2.37. The van der Waals surface area contributed by atoms with Crippen molar-refractivity contribution in [3.8, 4) is 12.3 Å². The van der Waals surface area contributed by atoms with Crippen molar-refractivity contribution in [1.29, 1.82) is 0 Å². The van der Waals surface area contributed by atoms with Crippen LogP contribution in [0.1, 0.15) is 44.2 Å². The zero-order valence-corrected chi connectivity index (χ0v) is 17.4. The number of rotatable bonds is 6. The Bertz CT molecular complexity index is 1070. The zero-order chi connectivity index (χ0) is 21.1. The normalized spacial score (nSPS) is 20.6. The van der Waals surface area contributed by atoms with E-state index in [0.29, 0.717) is 23.9 Å². The van der Waals surface area contributed by atoms with Gasteiger partial charge in [0.25, 0.3) is 0 Å². The predicted octanol–water partition coefficient (Wildman–Crippen LogP) is 3.34. The topological polar surface area (TPSA) is 98.8 Å². The van der Waals surface area contributed by atoms with E-state index >= 15 is 0 Å². The lowest BCUT2D eigenvalue weighted by Gasteiger charge is -2.40. The average Bonchev–Trinajstić information content (AvgIpc) is 3.14. The van der Waals surface area contributed by atoms with Gasteiger partial charge in [-0.1, -0.05) is 19.8 Å². The highest BCUT2D eigenvalue weighted by Gasteiger charge is 2.35. The third-order valence-corrected chi connectivity index (χ3v) is 5.99. The summed E-state index contributed by atoms with van der Waals surface area (Å²) in [6.45, 7) is 4.90. The van der Waals surface area contributed by atoms with Gasteiger partial charge in [0, 0.05) is 30.4 Å². The second-order valence-electron chi connectivity index (χ2n) is 8.64. The Labute approximate surface area is 176 Å². The van der Waals surface area contributed by atoms with Gasteiger partial charge in [-0.2, -0.15) is 4.98 Å². The van der Waals surface area contributed by atoms with Crippen molar-refractivity contribution in [3.63, 3.8) is 0 Å². The first-order chi connectivity index (χ1) is 14.5. The van der Waals surface area contributed by atoms with E-state index in [9.17, 15) is 5.11 Å². The fraction of sp³-hybridized carbons (Fsp3) is 0.435. The fourth-order valence-electron chi connectivity index (χ4n) is 4.17. The Morgan fingerprint density at radius 3 is 3.00 bits per heavy atom. The van der Waals surface area contributed by atoms with E-state index < -0.39 is 0 Å². The SMILES string of the molecule is C#Cc1cnc(NCCc2c[nH]c3cnccc23)nc1N[C@@H]1CC[C@H](O)C(C)(C)C1. The first-order valence-corrected chi connectivity index (χ1v) is 10.4. The lowest BCUT2D eigenvalue weighted by molar-refractivity contribution is 0.00926. The third kappa shape index (κ3) is 4.24. The summed E-state index contributed by atoms with van der Waals surface area (Å²) in [4.78, 5) is 16.4. The van der Waals surface area contributed by atoms with Gasteiger partial charge in [0.1, 0.15) is 5.82 Å². The molecule has 0 aliphatic heterocycles. The van der Waals surface area contributed by atoms with Crippen molar-refractivity contribution in [2.24, 2.45) is 5.41 Å². The maximum absolute atomic E-state index is 10.2. The van der Waals surface area contributed by atoms with Crippen molar-refractivity contribution in [2.75, 3.05) is 17.2 Å². The second kappa shape index (κ2) is 8.33. The molecule has 0 spiro atoms. The van der Waals surface area contributed by atoms with Gasteiger partial charge >= 0.3 is 0 Å². The molecule has 1 aliphatic rings. The largest absolute Gasteiger partial charge is 0.393 e. The predicted molar refractivity (Wildman–Crippen MR) is 119 cm³/mol. The van der Waals surface area contributed by atoms with Gasteiger partial charge in [0.15, 0.2) is 0 Å². The van der Waals surface area contributed by atoms with E-state index in [1.54, 1.807) is 12.4 Å². The number of terminal acetylenes is 1. The molecule has 2 atom stereocenters. The summed E-state index contributed by atoms with van der Waals surface area (Å²) in [5, 5.41) is 18.2. The Morgan fingerprint density at radius 2 is 2.20 bits per heavy atom. The number of hydrogen-bond donors (Lipinski definition) is 4. The minimum absolute atomic E-state index is 0.130. The van der Waals surface area contributed by atoms with Crippen molar-refractivity contribution in [2.45, 2.75) is 51.7 Å². The number of anilines is 2. The van der Waals surface area contributed by atoms with Crippen LogP contribution < -0.4 is 10.6 Å². The molecular weight excluding hydrogens is 376 g/mol. The molecule has 3 heterocycles. The zero-order valence-electron chi connectivity index (χ0n) is 17.4. The smallest absolute Gasteiger partial charge is 0.224 e. The molecule has 7 nitrogen and oxygen atoms in total. The second-order valence-corrected chi connectivity index (χ2v) is 8.64. The Hall–Kier alpha value is -3.11. The number of aromatic amines is 1. The van der Waals surface area contributed by atoms with Gasteiger partial charge in [0.2, 0.25) is 5.95 Å². The molecule has 7 heteroatoms. The number of hydrogen-bond acceptors (Lipinski definition) is 6. The minimum Gasteiger partial charge on any atom is -0.393 e. The number of aliphatic hydroxyl groups is 1. The third-order valence-electron chi connectivity index (χ3n) is 5.99. The van der Waals surface area contributed by atoms with Gasteiger partial charge in [-0.25, -0.2) is 4.98 Å². The first kappa shape index (κ1) is 20.2. The number of pyridine rings is 1. The Kier molecular flexibility index (Phi) is 5.60. The Morgan fingerprint density at radius 1 is 1.33 bits per heavy atom. The molecule has 0 saturated heterocycles. The highest BCUT2D eigenvalue weighted by atomic mass is 16.3. The molecule has 3 aromatic heterocycles. The minimum atomic E-state index is -0.273. The van der Waals surface area contributed by atoms with E-state index in [4.69, 9.17) is 6.42 Å². The molecule has 4 rings (SSSR count). The van der Waals surface area contributed by atoms with E-state index in [0.717, 1.165) is 31.2 Å².